The summed E-state index contributed by atoms with van der Waals surface area (Å²) in [5.74, 6) is -0.552. The fraction of sp³-hybridized carbons (Fsp3) is 0.417. The maximum atomic E-state index is 13.4. The van der Waals surface area contributed by atoms with E-state index >= 15 is 0 Å². The van der Waals surface area contributed by atoms with Crippen molar-refractivity contribution in [3.63, 3.8) is 0 Å². The number of aliphatic hydroxyl groups is 1. The van der Waals surface area contributed by atoms with Crippen LogP contribution in [0.5, 0.6) is 0 Å². The van der Waals surface area contributed by atoms with Crippen molar-refractivity contribution in [2.75, 3.05) is 20.2 Å². The number of carbonyl (C=O) groups is 1. The number of carbonyl (C=O) groups excluding carboxylic acids is 1. The van der Waals surface area contributed by atoms with E-state index in [1.165, 1.54) is 11.9 Å². The summed E-state index contributed by atoms with van der Waals surface area (Å²) in [7, 11) is -2.53. The third-order valence-corrected chi connectivity index (χ3v) is 6.30. The van der Waals surface area contributed by atoms with Crippen molar-refractivity contribution in [1.29, 1.82) is 5.26 Å². The number of benzene rings is 2. The van der Waals surface area contributed by atoms with E-state index in [0.29, 0.717) is 0 Å². The molecule has 0 saturated heterocycles. The van der Waals surface area contributed by atoms with Crippen molar-refractivity contribution in [2.45, 2.75) is 39.6 Å². The van der Waals surface area contributed by atoms with E-state index in [-0.39, 0.29) is 32.8 Å². The van der Waals surface area contributed by atoms with Gasteiger partial charge in [-0.05, 0) is 11.1 Å². The zero-order chi connectivity index (χ0) is 24.3. The lowest BCUT2D eigenvalue weighted by atomic mass is 9.87. The van der Waals surface area contributed by atoms with Gasteiger partial charge < -0.3 is 10.0 Å². The van der Waals surface area contributed by atoms with Gasteiger partial charge in [0.15, 0.2) is 0 Å². The molecule has 0 fully saturated rings. The number of phosphoric acid groups is 1. The molecule has 0 radical (unpaired) electrons. The molecule has 2 aromatic carbocycles. The summed E-state index contributed by atoms with van der Waals surface area (Å²) in [6.45, 7) is 3.19. The topological polar surface area (TPSA) is 109 Å². The van der Waals surface area contributed by atoms with Gasteiger partial charge in [-0.1, -0.05) is 74.5 Å². The number of aliphatic hydroxyl groups excluding tert-OH is 1. The van der Waals surface area contributed by atoms with Crippen LogP contribution in [0.15, 0.2) is 60.7 Å². The first-order valence-corrected chi connectivity index (χ1v) is 12.0. The molecule has 1 atom stereocenters. The van der Waals surface area contributed by atoms with Gasteiger partial charge in [0.25, 0.3) is 5.91 Å². The number of hydrogen-bond acceptors (Lipinski definition) is 7. The Bertz CT molecular complexity index is 914. The summed E-state index contributed by atoms with van der Waals surface area (Å²) in [6.07, 6.45) is -1.28. The summed E-state index contributed by atoms with van der Waals surface area (Å²) in [6, 6.07) is 20.3. The molecular formula is C24H31N2O6P. The Labute approximate surface area is 195 Å². The van der Waals surface area contributed by atoms with Crippen LogP contribution in [0.4, 0.5) is 0 Å². The predicted octanol–water partition coefficient (Wildman–Crippen LogP) is 4.30. The summed E-state index contributed by atoms with van der Waals surface area (Å²) < 4.78 is 30.1. The van der Waals surface area contributed by atoms with Crippen molar-refractivity contribution < 1.29 is 28.0 Å². The molecule has 0 aliphatic carbocycles. The highest BCUT2D eigenvalue weighted by Crippen LogP contribution is 2.52. The summed E-state index contributed by atoms with van der Waals surface area (Å²) in [4.78, 5) is 13.8. The van der Waals surface area contributed by atoms with Crippen LogP contribution in [0, 0.1) is 16.7 Å². The molecule has 1 amide bonds. The van der Waals surface area contributed by atoms with Crippen molar-refractivity contribution in [3.8, 4) is 6.07 Å². The fourth-order valence-corrected chi connectivity index (χ4v) is 4.09. The van der Waals surface area contributed by atoms with E-state index in [2.05, 4.69) is 0 Å². The molecule has 178 valence electrons. The van der Waals surface area contributed by atoms with Crippen LogP contribution in [-0.2, 0) is 36.1 Å². The van der Waals surface area contributed by atoms with Gasteiger partial charge in [0, 0.05) is 19.0 Å². The minimum absolute atomic E-state index is 0.00567. The molecule has 0 aliphatic rings. The van der Waals surface area contributed by atoms with Crippen LogP contribution in [0.1, 0.15) is 31.4 Å². The van der Waals surface area contributed by atoms with Crippen LogP contribution in [0.25, 0.3) is 0 Å². The third kappa shape index (κ3) is 8.73. The standard InChI is InChI=1S/C24H31N2O6P/c1-24(2,22(27)23(28)26(3)16-10-15-25)19-32-33(29,30-17-20-11-6-4-7-12-20)31-18-21-13-8-5-9-14-21/h4-9,11-14,22,27H,10,16-19H2,1-3H3/t22-/m0/s1. The lowest BCUT2D eigenvalue weighted by Crippen LogP contribution is -2.46. The van der Waals surface area contributed by atoms with E-state index in [9.17, 15) is 14.5 Å². The summed E-state index contributed by atoms with van der Waals surface area (Å²) in [5, 5.41) is 19.3. The second-order valence-electron chi connectivity index (χ2n) is 8.30. The molecule has 0 unspecified atom stereocenters. The summed E-state index contributed by atoms with van der Waals surface area (Å²) in [5.41, 5.74) is 0.483. The Morgan fingerprint density at radius 1 is 1.03 bits per heavy atom. The zero-order valence-electron chi connectivity index (χ0n) is 19.2. The molecule has 0 spiro atoms. The van der Waals surface area contributed by atoms with E-state index < -0.39 is 25.2 Å². The first kappa shape index (κ1) is 26.7. The van der Waals surface area contributed by atoms with E-state index in [1.54, 1.807) is 13.8 Å². The van der Waals surface area contributed by atoms with Crippen LogP contribution in [-0.4, -0.2) is 42.2 Å². The predicted molar refractivity (Wildman–Crippen MR) is 124 cm³/mol. The molecule has 2 rings (SSSR count). The lowest BCUT2D eigenvalue weighted by molar-refractivity contribution is -0.146. The highest BCUT2D eigenvalue weighted by Gasteiger charge is 2.39. The Morgan fingerprint density at radius 3 is 1.97 bits per heavy atom. The highest BCUT2D eigenvalue weighted by molar-refractivity contribution is 7.48. The van der Waals surface area contributed by atoms with Crippen molar-refractivity contribution in [2.24, 2.45) is 5.41 Å². The number of amides is 1. The molecule has 0 heterocycles. The maximum absolute atomic E-state index is 13.4. The highest BCUT2D eigenvalue weighted by atomic mass is 31.2. The van der Waals surface area contributed by atoms with Gasteiger partial charge in [0.2, 0.25) is 0 Å². The molecule has 0 aliphatic heterocycles. The Kier molecular flexibility index (Phi) is 10.2. The fourth-order valence-electron chi connectivity index (χ4n) is 2.76. The molecule has 0 saturated carbocycles. The molecule has 0 bridgehead atoms. The largest absolute Gasteiger partial charge is 0.475 e. The zero-order valence-corrected chi connectivity index (χ0v) is 20.1. The quantitative estimate of drug-likeness (QED) is 0.431. The lowest BCUT2D eigenvalue weighted by Gasteiger charge is -2.32. The average Bonchev–Trinajstić information content (AvgIpc) is 2.84. The Hall–Kier alpha value is -2.53. The summed E-state index contributed by atoms with van der Waals surface area (Å²) >= 11 is 0. The normalized spacial score (nSPS) is 12.7. The number of hydrogen-bond donors (Lipinski definition) is 1. The van der Waals surface area contributed by atoms with E-state index in [4.69, 9.17) is 18.8 Å². The van der Waals surface area contributed by atoms with Gasteiger partial charge in [-0.2, -0.15) is 5.26 Å². The second-order valence-corrected chi connectivity index (χ2v) is 9.97. The van der Waals surface area contributed by atoms with Gasteiger partial charge in [-0.25, -0.2) is 4.57 Å². The molecule has 1 N–H and O–H groups in total. The van der Waals surface area contributed by atoms with Crippen molar-refractivity contribution in [3.05, 3.63) is 71.8 Å². The van der Waals surface area contributed by atoms with Crippen molar-refractivity contribution >= 4 is 13.7 Å². The molecular weight excluding hydrogens is 443 g/mol. The molecule has 2 aromatic rings. The third-order valence-electron chi connectivity index (χ3n) is 4.97. The first-order chi connectivity index (χ1) is 15.7. The van der Waals surface area contributed by atoms with Crippen LogP contribution in [0.2, 0.25) is 0 Å². The molecule has 9 heteroatoms. The maximum Gasteiger partial charge on any atom is 0.475 e. The van der Waals surface area contributed by atoms with Crippen LogP contribution in [0.3, 0.4) is 0 Å². The number of rotatable bonds is 13. The van der Waals surface area contributed by atoms with Crippen LogP contribution >= 0.6 is 7.82 Å². The number of nitrogens with zero attached hydrogens (tertiary/aromatic N) is 2. The minimum atomic E-state index is -4.04. The average molecular weight is 474 g/mol. The number of nitriles is 1. The molecule has 8 nitrogen and oxygen atoms in total. The minimum Gasteiger partial charge on any atom is -0.383 e. The first-order valence-electron chi connectivity index (χ1n) is 10.6. The van der Waals surface area contributed by atoms with Gasteiger partial charge in [-0.3, -0.25) is 18.4 Å². The SMILES string of the molecule is CN(CCC#N)C(=O)[C@H](O)C(C)(C)COP(=O)(OCc1ccccc1)OCc1ccccc1. The smallest absolute Gasteiger partial charge is 0.383 e. The van der Waals surface area contributed by atoms with Crippen molar-refractivity contribution in [1.82, 2.24) is 4.90 Å². The number of phosphoric ester groups is 1. The Morgan fingerprint density at radius 2 is 1.52 bits per heavy atom. The van der Waals surface area contributed by atoms with Gasteiger partial charge in [0.05, 0.1) is 32.3 Å². The van der Waals surface area contributed by atoms with E-state index in [0.717, 1.165) is 11.1 Å². The van der Waals surface area contributed by atoms with Gasteiger partial charge in [0.1, 0.15) is 6.10 Å². The van der Waals surface area contributed by atoms with Crippen LogP contribution < -0.4 is 0 Å². The Balaban J connectivity index is 2.07. The van der Waals surface area contributed by atoms with Gasteiger partial charge >= 0.3 is 7.82 Å². The second kappa shape index (κ2) is 12.6. The molecule has 33 heavy (non-hydrogen) atoms. The molecule has 0 aromatic heterocycles. The monoisotopic (exact) mass is 474 g/mol. The van der Waals surface area contributed by atoms with E-state index in [1.807, 2.05) is 66.7 Å². The number of likely N-dealkylation sites (N-methyl/N-ethyl adjacent to an activating group) is 1. The van der Waals surface area contributed by atoms with Gasteiger partial charge in [-0.15, -0.1) is 0 Å².